The normalized spacial score (nSPS) is 15.6. The van der Waals surface area contributed by atoms with Crippen molar-refractivity contribution in [3.05, 3.63) is 65.7 Å². The van der Waals surface area contributed by atoms with Gasteiger partial charge in [-0.1, -0.05) is 18.2 Å². The lowest BCUT2D eigenvalue weighted by molar-refractivity contribution is 0.659. The van der Waals surface area contributed by atoms with Crippen molar-refractivity contribution in [1.82, 2.24) is 15.3 Å². The first-order valence-corrected chi connectivity index (χ1v) is 9.89. The lowest BCUT2D eigenvalue weighted by Gasteiger charge is -2.34. The Morgan fingerprint density at radius 3 is 2.81 bits per heavy atom. The van der Waals surface area contributed by atoms with Crippen molar-refractivity contribution in [3.8, 4) is 0 Å². The number of anilines is 2. The number of aromatic amines is 1. The second-order valence-electron chi connectivity index (χ2n) is 6.45. The third kappa shape index (κ3) is 2.95. The molecular weight excluding hydrogens is 344 g/mol. The number of aromatic nitrogens is 2. The Morgan fingerprint density at radius 2 is 2.00 bits per heavy atom. The van der Waals surface area contributed by atoms with Gasteiger partial charge in [0, 0.05) is 25.5 Å². The standard InChI is InChI=1S/C20H22N4OS/c1-14-7-8-18-20(15(14)2)24(12-11-21-13-19-22-9-10-23-19)16-5-3-4-6-17(16)26(18)25/h3-10,21H,11-13H2,1-2H3,(H,22,23). The Balaban J connectivity index is 1.64. The quantitative estimate of drug-likeness (QED) is 0.679. The van der Waals surface area contributed by atoms with E-state index in [0.717, 1.165) is 40.1 Å². The molecule has 0 spiro atoms. The summed E-state index contributed by atoms with van der Waals surface area (Å²) < 4.78 is 13.1. The van der Waals surface area contributed by atoms with Crippen LogP contribution in [0.15, 0.2) is 58.6 Å². The summed E-state index contributed by atoms with van der Waals surface area (Å²) in [5.74, 6) is 0.928. The molecule has 0 bridgehead atoms. The summed E-state index contributed by atoms with van der Waals surface area (Å²) in [6.45, 7) is 6.52. The number of nitrogens with one attached hydrogen (secondary N) is 2. The third-order valence-electron chi connectivity index (χ3n) is 4.85. The fraction of sp³-hybridized carbons (Fsp3) is 0.250. The maximum atomic E-state index is 13.1. The smallest absolute Gasteiger partial charge is 0.120 e. The topological polar surface area (TPSA) is 61.0 Å². The summed E-state index contributed by atoms with van der Waals surface area (Å²) in [6, 6.07) is 12.1. The fourth-order valence-corrected chi connectivity index (χ4v) is 4.80. The van der Waals surface area contributed by atoms with E-state index < -0.39 is 10.8 Å². The highest BCUT2D eigenvalue weighted by molar-refractivity contribution is 7.85. The van der Waals surface area contributed by atoms with Gasteiger partial charge in [0.1, 0.15) is 5.82 Å². The number of hydrogen-bond acceptors (Lipinski definition) is 4. The molecular formula is C20H22N4OS. The highest BCUT2D eigenvalue weighted by Crippen LogP contribution is 2.44. The largest absolute Gasteiger partial charge is 0.348 e. The van der Waals surface area contributed by atoms with Gasteiger partial charge in [0.15, 0.2) is 0 Å². The number of rotatable bonds is 5. The van der Waals surface area contributed by atoms with Gasteiger partial charge in [0.25, 0.3) is 0 Å². The highest BCUT2D eigenvalue weighted by Gasteiger charge is 2.29. The Labute approximate surface area is 155 Å². The van der Waals surface area contributed by atoms with Gasteiger partial charge >= 0.3 is 0 Å². The van der Waals surface area contributed by atoms with Crippen molar-refractivity contribution in [2.75, 3.05) is 18.0 Å². The van der Waals surface area contributed by atoms with Crippen molar-refractivity contribution in [2.24, 2.45) is 0 Å². The van der Waals surface area contributed by atoms with Gasteiger partial charge < -0.3 is 15.2 Å². The highest BCUT2D eigenvalue weighted by atomic mass is 32.2. The predicted octanol–water partition coefficient (Wildman–Crippen LogP) is 3.43. The van der Waals surface area contributed by atoms with E-state index in [1.807, 2.05) is 30.5 Å². The average Bonchev–Trinajstić information content (AvgIpc) is 3.17. The van der Waals surface area contributed by atoms with E-state index in [2.05, 4.69) is 46.2 Å². The zero-order valence-corrected chi connectivity index (χ0v) is 15.8. The first kappa shape index (κ1) is 17.0. The van der Waals surface area contributed by atoms with Crippen LogP contribution in [0.1, 0.15) is 17.0 Å². The van der Waals surface area contributed by atoms with Crippen LogP contribution in [0.4, 0.5) is 11.4 Å². The van der Waals surface area contributed by atoms with Gasteiger partial charge in [-0.15, -0.1) is 0 Å². The minimum atomic E-state index is -1.14. The van der Waals surface area contributed by atoms with Crippen LogP contribution in [0.2, 0.25) is 0 Å². The first-order chi connectivity index (χ1) is 12.7. The van der Waals surface area contributed by atoms with E-state index in [1.54, 1.807) is 6.20 Å². The van der Waals surface area contributed by atoms with Crippen molar-refractivity contribution < 1.29 is 4.21 Å². The molecule has 5 nitrogen and oxygen atoms in total. The Morgan fingerprint density at radius 1 is 1.15 bits per heavy atom. The second kappa shape index (κ2) is 7.05. The molecule has 26 heavy (non-hydrogen) atoms. The summed E-state index contributed by atoms with van der Waals surface area (Å²) in [6.07, 6.45) is 3.59. The molecule has 2 N–H and O–H groups in total. The van der Waals surface area contributed by atoms with Crippen LogP contribution in [0.5, 0.6) is 0 Å². The van der Waals surface area contributed by atoms with Gasteiger partial charge in [0.2, 0.25) is 0 Å². The molecule has 1 aromatic heterocycles. The monoisotopic (exact) mass is 366 g/mol. The summed E-state index contributed by atoms with van der Waals surface area (Å²) in [4.78, 5) is 11.4. The van der Waals surface area contributed by atoms with Crippen LogP contribution in [-0.4, -0.2) is 27.3 Å². The van der Waals surface area contributed by atoms with E-state index in [0.29, 0.717) is 6.54 Å². The molecule has 2 heterocycles. The average molecular weight is 366 g/mol. The maximum Gasteiger partial charge on any atom is 0.120 e. The lowest BCUT2D eigenvalue weighted by Crippen LogP contribution is -2.32. The number of aryl methyl sites for hydroxylation is 1. The molecule has 1 aliphatic rings. The predicted molar refractivity (Wildman–Crippen MR) is 104 cm³/mol. The second-order valence-corrected chi connectivity index (χ2v) is 7.87. The maximum absolute atomic E-state index is 13.1. The van der Waals surface area contributed by atoms with Crippen LogP contribution in [0.3, 0.4) is 0 Å². The molecule has 1 unspecified atom stereocenters. The molecule has 0 amide bonds. The molecule has 0 aliphatic carbocycles. The summed E-state index contributed by atoms with van der Waals surface area (Å²) >= 11 is 0. The van der Waals surface area contributed by atoms with Gasteiger partial charge in [0.05, 0.1) is 38.5 Å². The Hall–Kier alpha value is -2.44. The summed E-state index contributed by atoms with van der Waals surface area (Å²) in [7, 11) is -1.14. The Kier molecular flexibility index (Phi) is 4.61. The lowest BCUT2D eigenvalue weighted by atomic mass is 10.1. The van der Waals surface area contributed by atoms with Crippen molar-refractivity contribution >= 4 is 22.2 Å². The number of hydrogen-bond donors (Lipinski definition) is 2. The molecule has 3 aromatic rings. The molecule has 1 atom stereocenters. The molecule has 4 rings (SSSR count). The molecule has 6 heteroatoms. The molecule has 0 fully saturated rings. The fourth-order valence-electron chi connectivity index (χ4n) is 3.36. The number of imidazole rings is 1. The molecule has 1 aliphatic heterocycles. The number of benzene rings is 2. The summed E-state index contributed by atoms with van der Waals surface area (Å²) in [5, 5.41) is 3.43. The van der Waals surface area contributed by atoms with Gasteiger partial charge in [-0.05, 0) is 43.2 Å². The molecule has 0 radical (unpaired) electrons. The minimum absolute atomic E-state index is 0.702. The number of para-hydroxylation sites is 1. The number of fused-ring (bicyclic) bond motifs is 2. The molecule has 134 valence electrons. The third-order valence-corrected chi connectivity index (χ3v) is 6.32. The van der Waals surface area contributed by atoms with Gasteiger partial charge in [-0.3, -0.25) is 0 Å². The van der Waals surface area contributed by atoms with Crippen LogP contribution < -0.4 is 10.2 Å². The number of nitrogens with zero attached hydrogens (tertiary/aromatic N) is 2. The van der Waals surface area contributed by atoms with Crippen LogP contribution in [-0.2, 0) is 17.3 Å². The van der Waals surface area contributed by atoms with Crippen LogP contribution in [0, 0.1) is 13.8 Å². The van der Waals surface area contributed by atoms with E-state index in [9.17, 15) is 4.21 Å². The SMILES string of the molecule is Cc1ccc2c(c1C)N(CCNCc1ncc[nH]1)c1ccccc1S2=O. The van der Waals surface area contributed by atoms with Crippen molar-refractivity contribution in [3.63, 3.8) is 0 Å². The first-order valence-electron chi connectivity index (χ1n) is 8.74. The molecule has 2 aromatic carbocycles. The van der Waals surface area contributed by atoms with E-state index >= 15 is 0 Å². The van der Waals surface area contributed by atoms with Crippen LogP contribution in [0.25, 0.3) is 0 Å². The zero-order chi connectivity index (χ0) is 18.1. The molecule has 0 saturated carbocycles. The van der Waals surface area contributed by atoms with E-state index in [-0.39, 0.29) is 0 Å². The molecule has 0 saturated heterocycles. The Bertz CT molecular complexity index is 952. The summed E-state index contributed by atoms with van der Waals surface area (Å²) in [5.41, 5.74) is 4.53. The van der Waals surface area contributed by atoms with Crippen molar-refractivity contribution in [1.29, 1.82) is 0 Å². The van der Waals surface area contributed by atoms with E-state index in [4.69, 9.17) is 0 Å². The van der Waals surface area contributed by atoms with Crippen molar-refractivity contribution in [2.45, 2.75) is 30.2 Å². The van der Waals surface area contributed by atoms with Gasteiger partial charge in [-0.25, -0.2) is 9.19 Å². The number of H-pyrrole nitrogens is 1. The zero-order valence-electron chi connectivity index (χ0n) is 15.0. The van der Waals surface area contributed by atoms with Crippen LogP contribution >= 0.6 is 0 Å². The van der Waals surface area contributed by atoms with E-state index in [1.165, 1.54) is 11.1 Å². The van der Waals surface area contributed by atoms with Gasteiger partial charge in [-0.2, -0.15) is 0 Å². The minimum Gasteiger partial charge on any atom is -0.348 e.